The predicted octanol–water partition coefficient (Wildman–Crippen LogP) is 6.59. The molecular formula is C23H20. The molecule has 0 N–H and O–H groups in total. The molecule has 0 spiro atoms. The van der Waals surface area contributed by atoms with Crippen LogP contribution in [0.25, 0.3) is 32.7 Å². The van der Waals surface area contributed by atoms with Crippen molar-refractivity contribution in [3.8, 4) is 11.1 Å². The van der Waals surface area contributed by atoms with Crippen LogP contribution in [0, 0.1) is 20.8 Å². The Morgan fingerprint density at radius 3 is 2.17 bits per heavy atom. The molecular weight excluding hydrogens is 276 g/mol. The number of benzene rings is 4. The molecule has 0 unspecified atom stereocenters. The number of rotatable bonds is 1. The van der Waals surface area contributed by atoms with E-state index in [-0.39, 0.29) is 0 Å². The molecule has 0 saturated carbocycles. The first-order chi connectivity index (χ1) is 11.2. The average Bonchev–Trinajstić information content (AvgIpc) is 2.55. The minimum absolute atomic E-state index is 1.30. The summed E-state index contributed by atoms with van der Waals surface area (Å²) in [6.07, 6.45) is 0. The maximum Gasteiger partial charge on any atom is -0.00695 e. The van der Waals surface area contributed by atoms with Crippen LogP contribution in [0.3, 0.4) is 0 Å². The van der Waals surface area contributed by atoms with Crippen molar-refractivity contribution in [2.45, 2.75) is 20.8 Å². The Bertz CT molecular complexity index is 1020. The topological polar surface area (TPSA) is 0 Å². The molecule has 0 saturated heterocycles. The van der Waals surface area contributed by atoms with Gasteiger partial charge in [0.05, 0.1) is 0 Å². The van der Waals surface area contributed by atoms with Gasteiger partial charge in [-0.2, -0.15) is 0 Å². The summed E-state index contributed by atoms with van der Waals surface area (Å²) in [5.41, 5.74) is 6.69. The maximum atomic E-state index is 2.33. The van der Waals surface area contributed by atoms with E-state index in [0.717, 1.165) is 0 Å². The second-order valence-corrected chi connectivity index (χ2v) is 6.41. The molecule has 0 radical (unpaired) electrons. The van der Waals surface area contributed by atoms with Gasteiger partial charge >= 0.3 is 0 Å². The van der Waals surface area contributed by atoms with Crippen LogP contribution in [0.4, 0.5) is 0 Å². The Hall–Kier alpha value is -2.60. The molecule has 0 amide bonds. The van der Waals surface area contributed by atoms with Gasteiger partial charge in [-0.15, -0.1) is 0 Å². The molecule has 0 atom stereocenters. The zero-order valence-corrected chi connectivity index (χ0v) is 13.9. The molecule has 0 aliphatic heterocycles. The van der Waals surface area contributed by atoms with E-state index in [1.165, 1.54) is 49.4 Å². The van der Waals surface area contributed by atoms with Gasteiger partial charge in [0.15, 0.2) is 0 Å². The number of hydrogen-bond donors (Lipinski definition) is 0. The van der Waals surface area contributed by atoms with Crippen LogP contribution in [0.1, 0.15) is 16.7 Å². The molecule has 4 rings (SSSR count). The third kappa shape index (κ3) is 2.14. The van der Waals surface area contributed by atoms with E-state index in [1.54, 1.807) is 0 Å². The molecule has 0 heteroatoms. The van der Waals surface area contributed by atoms with Crippen molar-refractivity contribution in [1.29, 1.82) is 0 Å². The van der Waals surface area contributed by atoms with Gasteiger partial charge in [0.25, 0.3) is 0 Å². The second kappa shape index (κ2) is 5.24. The summed E-state index contributed by atoms with van der Waals surface area (Å²) in [4.78, 5) is 0. The monoisotopic (exact) mass is 296 g/mol. The van der Waals surface area contributed by atoms with E-state index in [9.17, 15) is 0 Å². The van der Waals surface area contributed by atoms with Crippen LogP contribution in [-0.2, 0) is 0 Å². The van der Waals surface area contributed by atoms with E-state index in [4.69, 9.17) is 0 Å². The van der Waals surface area contributed by atoms with Crippen molar-refractivity contribution in [1.82, 2.24) is 0 Å². The summed E-state index contributed by atoms with van der Waals surface area (Å²) in [6.45, 7) is 6.65. The van der Waals surface area contributed by atoms with Gasteiger partial charge in [0.2, 0.25) is 0 Å². The van der Waals surface area contributed by atoms with Crippen molar-refractivity contribution in [3.05, 3.63) is 83.4 Å². The Morgan fingerprint density at radius 1 is 0.609 bits per heavy atom. The number of fused-ring (bicyclic) bond motifs is 3. The molecule has 0 heterocycles. The molecule has 4 aromatic rings. The van der Waals surface area contributed by atoms with Crippen molar-refractivity contribution in [2.24, 2.45) is 0 Å². The fourth-order valence-corrected chi connectivity index (χ4v) is 3.79. The first kappa shape index (κ1) is 14.0. The van der Waals surface area contributed by atoms with E-state index >= 15 is 0 Å². The third-order valence-electron chi connectivity index (χ3n) is 4.82. The molecule has 0 aliphatic carbocycles. The zero-order chi connectivity index (χ0) is 16.0. The number of hydrogen-bond acceptors (Lipinski definition) is 0. The summed E-state index contributed by atoms with van der Waals surface area (Å²) >= 11 is 0. The Balaban J connectivity index is 2.29. The summed E-state index contributed by atoms with van der Waals surface area (Å²) in [6, 6.07) is 24.2. The molecule has 112 valence electrons. The van der Waals surface area contributed by atoms with Crippen LogP contribution in [0.2, 0.25) is 0 Å². The van der Waals surface area contributed by atoms with Crippen LogP contribution < -0.4 is 0 Å². The van der Waals surface area contributed by atoms with Crippen LogP contribution in [0.15, 0.2) is 66.7 Å². The minimum Gasteiger partial charge on any atom is -0.0622 e. The van der Waals surface area contributed by atoms with Gasteiger partial charge < -0.3 is 0 Å². The summed E-state index contributed by atoms with van der Waals surface area (Å²) < 4.78 is 0. The highest BCUT2D eigenvalue weighted by atomic mass is 14.2. The Kier molecular flexibility index (Phi) is 3.20. The smallest absolute Gasteiger partial charge is 0.00695 e. The van der Waals surface area contributed by atoms with Crippen LogP contribution in [-0.4, -0.2) is 0 Å². The maximum absolute atomic E-state index is 2.33. The zero-order valence-electron chi connectivity index (χ0n) is 13.9. The lowest BCUT2D eigenvalue weighted by atomic mass is 9.86. The summed E-state index contributed by atoms with van der Waals surface area (Å²) in [7, 11) is 0. The first-order valence-electron chi connectivity index (χ1n) is 8.14. The molecule has 0 bridgehead atoms. The highest BCUT2D eigenvalue weighted by molar-refractivity contribution is 6.16. The number of aryl methyl sites for hydroxylation is 3. The van der Waals surface area contributed by atoms with E-state index in [0.29, 0.717) is 0 Å². The molecule has 0 fully saturated rings. The van der Waals surface area contributed by atoms with Crippen LogP contribution in [0.5, 0.6) is 0 Å². The first-order valence-corrected chi connectivity index (χ1v) is 8.14. The predicted molar refractivity (Wildman–Crippen MR) is 101 cm³/mol. The quantitative estimate of drug-likeness (QED) is 0.348. The largest absolute Gasteiger partial charge is 0.0622 e. The summed E-state index contributed by atoms with van der Waals surface area (Å²) in [5, 5.41) is 5.45. The van der Waals surface area contributed by atoms with E-state index in [2.05, 4.69) is 87.5 Å². The molecule has 23 heavy (non-hydrogen) atoms. The summed E-state index contributed by atoms with van der Waals surface area (Å²) in [5.74, 6) is 0. The van der Waals surface area contributed by atoms with E-state index in [1.807, 2.05) is 0 Å². The fourth-order valence-electron chi connectivity index (χ4n) is 3.79. The van der Waals surface area contributed by atoms with Gasteiger partial charge in [-0.25, -0.2) is 0 Å². The molecule has 0 aromatic heterocycles. The minimum atomic E-state index is 1.30. The highest BCUT2D eigenvalue weighted by Crippen LogP contribution is 2.39. The van der Waals surface area contributed by atoms with Crippen molar-refractivity contribution < 1.29 is 0 Å². The van der Waals surface area contributed by atoms with Crippen molar-refractivity contribution >= 4 is 21.5 Å². The molecule has 0 aliphatic rings. The van der Waals surface area contributed by atoms with Gasteiger partial charge in [-0.3, -0.25) is 0 Å². The van der Waals surface area contributed by atoms with Gasteiger partial charge in [0, 0.05) is 0 Å². The lowest BCUT2D eigenvalue weighted by molar-refractivity contribution is 1.46. The lowest BCUT2D eigenvalue weighted by Gasteiger charge is -2.17. The Labute approximate surface area is 137 Å². The van der Waals surface area contributed by atoms with Gasteiger partial charge in [-0.05, 0) is 64.6 Å². The standard InChI is InChI=1S/C23H20/c1-15-12-13-19-20-11-7-8-16(2)22(20)17(3)23(21(19)14-15)18-9-5-4-6-10-18/h4-14H,1-3H3. The highest BCUT2D eigenvalue weighted by Gasteiger charge is 2.14. The Morgan fingerprint density at radius 2 is 1.39 bits per heavy atom. The molecule has 0 nitrogen and oxygen atoms in total. The van der Waals surface area contributed by atoms with Gasteiger partial charge in [0.1, 0.15) is 0 Å². The molecule has 4 aromatic carbocycles. The SMILES string of the molecule is Cc1ccc2c(c1)c(-c1ccccc1)c(C)c1c(C)cccc12. The second-order valence-electron chi connectivity index (χ2n) is 6.41. The normalized spacial score (nSPS) is 11.3. The van der Waals surface area contributed by atoms with Gasteiger partial charge in [-0.1, -0.05) is 72.3 Å². The van der Waals surface area contributed by atoms with Crippen LogP contribution >= 0.6 is 0 Å². The van der Waals surface area contributed by atoms with Crippen molar-refractivity contribution in [3.63, 3.8) is 0 Å². The average molecular weight is 296 g/mol. The lowest BCUT2D eigenvalue weighted by Crippen LogP contribution is -1.92. The van der Waals surface area contributed by atoms with Crippen molar-refractivity contribution in [2.75, 3.05) is 0 Å². The van der Waals surface area contributed by atoms with E-state index < -0.39 is 0 Å². The third-order valence-corrected chi connectivity index (χ3v) is 4.82. The fraction of sp³-hybridized carbons (Fsp3) is 0.130.